The third-order valence-corrected chi connectivity index (χ3v) is 5.71. The van der Waals surface area contributed by atoms with Crippen LogP contribution in [0.25, 0.3) is 10.9 Å². The number of aryl methyl sites for hydroxylation is 1. The summed E-state index contributed by atoms with van der Waals surface area (Å²) in [5.74, 6) is -1.13. The molecule has 29 heavy (non-hydrogen) atoms. The van der Waals surface area contributed by atoms with Crippen LogP contribution in [0.5, 0.6) is 0 Å². The Labute approximate surface area is 169 Å². The normalized spacial score (nSPS) is 16.8. The number of amides is 1. The molecule has 3 aromatic rings. The Morgan fingerprint density at radius 3 is 2.79 bits per heavy atom. The minimum atomic E-state index is -0.988. The van der Waals surface area contributed by atoms with Crippen LogP contribution in [0, 0.1) is 0 Å². The summed E-state index contributed by atoms with van der Waals surface area (Å²) in [5.41, 5.74) is 4.09. The van der Waals surface area contributed by atoms with Crippen molar-refractivity contribution in [1.82, 2.24) is 10.3 Å². The van der Waals surface area contributed by atoms with E-state index in [-0.39, 0.29) is 18.2 Å². The first-order chi connectivity index (χ1) is 14.1. The summed E-state index contributed by atoms with van der Waals surface area (Å²) in [6.45, 7) is 0. The van der Waals surface area contributed by atoms with Gasteiger partial charge in [-0.1, -0.05) is 48.5 Å². The second-order valence-corrected chi connectivity index (χ2v) is 7.65. The molecule has 1 aromatic heterocycles. The minimum absolute atomic E-state index is 0.111. The van der Waals surface area contributed by atoms with E-state index in [1.807, 2.05) is 42.5 Å². The Balaban J connectivity index is 1.47. The van der Waals surface area contributed by atoms with E-state index in [1.165, 1.54) is 11.1 Å². The zero-order valence-corrected chi connectivity index (χ0v) is 16.2. The molecule has 2 aromatic carbocycles. The van der Waals surface area contributed by atoms with Crippen molar-refractivity contribution in [3.63, 3.8) is 0 Å². The second kappa shape index (κ2) is 8.43. The van der Waals surface area contributed by atoms with E-state index in [0.29, 0.717) is 6.42 Å². The summed E-state index contributed by atoms with van der Waals surface area (Å²) >= 11 is 0. The second-order valence-electron chi connectivity index (χ2n) is 7.65. The number of aromatic nitrogens is 1. The zero-order valence-electron chi connectivity index (χ0n) is 16.2. The molecule has 2 atom stereocenters. The van der Waals surface area contributed by atoms with E-state index < -0.39 is 12.0 Å². The molecule has 0 aliphatic heterocycles. The Bertz CT molecular complexity index is 1040. The number of para-hydroxylation sites is 1. The summed E-state index contributed by atoms with van der Waals surface area (Å²) in [6.07, 6.45) is 5.24. The number of carboxylic acid groups (broad SMARTS) is 1. The molecule has 2 unspecified atom stereocenters. The third-order valence-electron chi connectivity index (χ3n) is 5.71. The van der Waals surface area contributed by atoms with Crippen LogP contribution < -0.4 is 5.32 Å². The SMILES string of the molecule is O=C(Cc1cccc2cccnc12)NC(CC1CCCc2ccccc21)C(=O)O. The Morgan fingerprint density at radius 2 is 1.93 bits per heavy atom. The summed E-state index contributed by atoms with van der Waals surface area (Å²) in [4.78, 5) is 28.9. The Morgan fingerprint density at radius 1 is 1.10 bits per heavy atom. The van der Waals surface area contributed by atoms with E-state index in [9.17, 15) is 14.7 Å². The smallest absolute Gasteiger partial charge is 0.326 e. The first-order valence-corrected chi connectivity index (χ1v) is 10.0. The van der Waals surface area contributed by atoms with E-state index >= 15 is 0 Å². The largest absolute Gasteiger partial charge is 0.480 e. The summed E-state index contributed by atoms with van der Waals surface area (Å²) < 4.78 is 0. The van der Waals surface area contributed by atoms with Gasteiger partial charge in [0.25, 0.3) is 0 Å². The van der Waals surface area contributed by atoms with E-state index in [1.54, 1.807) is 6.20 Å². The average molecular weight is 388 g/mol. The van der Waals surface area contributed by atoms with Crippen molar-refractivity contribution in [1.29, 1.82) is 0 Å². The third kappa shape index (κ3) is 4.29. The number of aliphatic carboxylic acids is 1. The number of rotatable bonds is 6. The molecule has 0 fully saturated rings. The van der Waals surface area contributed by atoms with Crippen molar-refractivity contribution in [2.75, 3.05) is 0 Å². The van der Waals surface area contributed by atoms with Gasteiger partial charge >= 0.3 is 5.97 Å². The van der Waals surface area contributed by atoms with E-state index in [2.05, 4.69) is 22.4 Å². The first-order valence-electron chi connectivity index (χ1n) is 10.0. The number of nitrogens with zero attached hydrogens (tertiary/aromatic N) is 1. The van der Waals surface area contributed by atoms with Crippen LogP contribution in [0.3, 0.4) is 0 Å². The maximum atomic E-state index is 12.7. The molecule has 1 heterocycles. The molecule has 2 N–H and O–H groups in total. The highest BCUT2D eigenvalue weighted by Crippen LogP contribution is 2.34. The Hall–Kier alpha value is -3.21. The van der Waals surface area contributed by atoms with Crippen LogP contribution in [-0.4, -0.2) is 28.0 Å². The molecule has 5 heteroatoms. The number of hydrogen-bond donors (Lipinski definition) is 2. The number of benzene rings is 2. The van der Waals surface area contributed by atoms with Gasteiger partial charge in [0.15, 0.2) is 0 Å². The molecule has 0 spiro atoms. The molecule has 0 bridgehead atoms. The fourth-order valence-corrected chi connectivity index (χ4v) is 4.33. The fourth-order valence-electron chi connectivity index (χ4n) is 4.33. The lowest BCUT2D eigenvalue weighted by atomic mass is 9.79. The molecule has 4 rings (SSSR count). The van der Waals surface area contributed by atoms with Crippen molar-refractivity contribution in [3.05, 3.63) is 77.5 Å². The highest BCUT2D eigenvalue weighted by Gasteiger charge is 2.28. The van der Waals surface area contributed by atoms with Crippen molar-refractivity contribution in [2.24, 2.45) is 0 Å². The van der Waals surface area contributed by atoms with Crippen molar-refractivity contribution in [2.45, 2.75) is 44.1 Å². The van der Waals surface area contributed by atoms with Gasteiger partial charge in [0.05, 0.1) is 11.9 Å². The molecule has 0 radical (unpaired) electrons. The molecule has 1 aliphatic carbocycles. The molecule has 0 saturated carbocycles. The van der Waals surface area contributed by atoms with Gasteiger partial charge in [-0.15, -0.1) is 0 Å². The van der Waals surface area contributed by atoms with E-state index in [4.69, 9.17) is 0 Å². The molecular weight excluding hydrogens is 364 g/mol. The number of nitrogens with one attached hydrogen (secondary N) is 1. The highest BCUT2D eigenvalue weighted by molar-refractivity contribution is 5.89. The maximum absolute atomic E-state index is 12.7. The maximum Gasteiger partial charge on any atom is 0.326 e. The van der Waals surface area contributed by atoms with Crippen molar-refractivity contribution in [3.8, 4) is 0 Å². The van der Waals surface area contributed by atoms with Gasteiger partial charge in [-0.25, -0.2) is 4.79 Å². The molecule has 1 amide bonds. The van der Waals surface area contributed by atoms with E-state index in [0.717, 1.165) is 35.7 Å². The quantitative estimate of drug-likeness (QED) is 0.672. The van der Waals surface area contributed by atoms with Crippen LogP contribution in [0.15, 0.2) is 60.8 Å². The van der Waals surface area contributed by atoms with Gasteiger partial charge in [0.2, 0.25) is 5.91 Å². The average Bonchev–Trinajstić information content (AvgIpc) is 2.73. The van der Waals surface area contributed by atoms with Gasteiger partial charge < -0.3 is 10.4 Å². The van der Waals surface area contributed by atoms with Crippen molar-refractivity contribution < 1.29 is 14.7 Å². The van der Waals surface area contributed by atoms with Gasteiger partial charge in [-0.2, -0.15) is 0 Å². The first kappa shape index (κ1) is 19.1. The number of pyridine rings is 1. The lowest BCUT2D eigenvalue weighted by molar-refractivity contribution is -0.142. The molecule has 5 nitrogen and oxygen atoms in total. The number of carbonyl (C=O) groups excluding carboxylic acids is 1. The molecule has 1 aliphatic rings. The van der Waals surface area contributed by atoms with Crippen molar-refractivity contribution >= 4 is 22.8 Å². The molecular formula is C24H24N2O3. The van der Waals surface area contributed by atoms with Gasteiger partial charge in [-0.05, 0) is 54.4 Å². The minimum Gasteiger partial charge on any atom is -0.480 e. The standard InChI is InChI=1S/C24H24N2O3/c27-22(15-19-10-4-8-17-11-5-13-25-23(17)19)26-21(24(28)29)14-18-9-3-7-16-6-1-2-12-20(16)18/h1-2,4-6,8,10-13,18,21H,3,7,9,14-15H2,(H,26,27)(H,28,29). The van der Waals surface area contributed by atoms with Gasteiger partial charge in [0.1, 0.15) is 6.04 Å². The van der Waals surface area contributed by atoms with Crippen LogP contribution in [0.1, 0.15) is 41.9 Å². The fraction of sp³-hybridized carbons (Fsp3) is 0.292. The lowest BCUT2D eigenvalue weighted by Crippen LogP contribution is -2.42. The number of fused-ring (bicyclic) bond motifs is 2. The highest BCUT2D eigenvalue weighted by atomic mass is 16.4. The summed E-state index contributed by atoms with van der Waals surface area (Å²) in [5, 5.41) is 13.4. The molecule has 0 saturated heterocycles. The molecule has 148 valence electrons. The Kier molecular flexibility index (Phi) is 5.56. The van der Waals surface area contributed by atoms with Gasteiger partial charge in [0, 0.05) is 11.6 Å². The van der Waals surface area contributed by atoms with Crippen LogP contribution >= 0.6 is 0 Å². The van der Waals surface area contributed by atoms with Crippen LogP contribution in [0.2, 0.25) is 0 Å². The van der Waals surface area contributed by atoms with Crippen LogP contribution in [0.4, 0.5) is 0 Å². The monoisotopic (exact) mass is 388 g/mol. The summed E-state index contributed by atoms with van der Waals surface area (Å²) in [7, 11) is 0. The number of hydrogen-bond acceptors (Lipinski definition) is 3. The zero-order chi connectivity index (χ0) is 20.2. The van der Waals surface area contributed by atoms with Crippen LogP contribution in [-0.2, 0) is 22.4 Å². The predicted octanol–water partition coefficient (Wildman–Crippen LogP) is 3.86. The predicted molar refractivity (Wildman–Crippen MR) is 112 cm³/mol. The summed E-state index contributed by atoms with van der Waals surface area (Å²) in [6, 6.07) is 16.8. The topological polar surface area (TPSA) is 79.3 Å². The number of carbonyl (C=O) groups is 2. The number of carboxylic acids is 1. The van der Waals surface area contributed by atoms with Gasteiger partial charge in [-0.3, -0.25) is 9.78 Å². The lowest BCUT2D eigenvalue weighted by Gasteiger charge is -2.28.